The summed E-state index contributed by atoms with van der Waals surface area (Å²) in [6, 6.07) is 11.1. The molecule has 150 valence electrons. The third-order valence-electron chi connectivity index (χ3n) is 4.55. The summed E-state index contributed by atoms with van der Waals surface area (Å²) in [5.74, 6) is -0.917. The van der Waals surface area contributed by atoms with E-state index in [-0.39, 0.29) is 26.2 Å². The molecule has 28 heavy (non-hydrogen) atoms. The monoisotopic (exact) mass is 425 g/mol. The molecule has 0 radical (unpaired) electrons. The molecule has 6 nitrogen and oxygen atoms in total. The third-order valence-corrected chi connectivity index (χ3v) is 6.88. The first-order chi connectivity index (χ1) is 13.3. The molecular weight excluding hydrogens is 405 g/mol. The highest BCUT2D eigenvalue weighted by Gasteiger charge is 2.35. The highest BCUT2D eigenvalue weighted by molar-refractivity contribution is 7.86. The molecule has 0 saturated carbocycles. The van der Waals surface area contributed by atoms with Crippen LogP contribution in [0.1, 0.15) is 17.5 Å². The van der Waals surface area contributed by atoms with Crippen LogP contribution in [0.5, 0.6) is 0 Å². The smallest absolute Gasteiger partial charge is 0.282 e. The van der Waals surface area contributed by atoms with Crippen molar-refractivity contribution in [2.45, 2.75) is 19.9 Å². The molecule has 0 bridgehead atoms. The minimum absolute atomic E-state index is 0.0688. The molecule has 0 aliphatic carbocycles. The summed E-state index contributed by atoms with van der Waals surface area (Å²) in [6.07, 6.45) is 0.553. The minimum Gasteiger partial charge on any atom is -0.325 e. The molecule has 1 aliphatic rings. The van der Waals surface area contributed by atoms with Gasteiger partial charge in [0.1, 0.15) is 5.82 Å². The number of nitrogens with zero attached hydrogens (tertiary/aromatic N) is 2. The van der Waals surface area contributed by atoms with Gasteiger partial charge in [-0.3, -0.25) is 4.79 Å². The van der Waals surface area contributed by atoms with Crippen LogP contribution in [0.2, 0.25) is 5.02 Å². The molecule has 9 heteroatoms. The highest BCUT2D eigenvalue weighted by atomic mass is 35.5. The first-order valence-electron chi connectivity index (χ1n) is 8.82. The van der Waals surface area contributed by atoms with E-state index in [4.69, 9.17) is 11.6 Å². The fraction of sp³-hybridized carbons (Fsp3) is 0.316. The molecule has 0 unspecified atom stereocenters. The molecule has 2 aromatic carbocycles. The van der Waals surface area contributed by atoms with Gasteiger partial charge in [-0.15, -0.1) is 0 Å². The van der Waals surface area contributed by atoms with Gasteiger partial charge in [-0.2, -0.15) is 17.0 Å². The van der Waals surface area contributed by atoms with Gasteiger partial charge >= 0.3 is 0 Å². The van der Waals surface area contributed by atoms with Crippen molar-refractivity contribution in [3.05, 3.63) is 64.4 Å². The van der Waals surface area contributed by atoms with Crippen LogP contribution in [0.4, 0.5) is 10.1 Å². The molecule has 0 atom stereocenters. The lowest BCUT2D eigenvalue weighted by atomic mass is 10.2. The number of hydrogen-bond acceptors (Lipinski definition) is 3. The highest BCUT2D eigenvalue weighted by Crippen LogP contribution is 2.22. The van der Waals surface area contributed by atoms with E-state index in [9.17, 15) is 17.6 Å². The van der Waals surface area contributed by atoms with Crippen LogP contribution in [-0.2, 0) is 21.5 Å². The zero-order valence-electron chi connectivity index (χ0n) is 15.4. The van der Waals surface area contributed by atoms with Crippen molar-refractivity contribution < 1.29 is 17.6 Å². The Bertz CT molecular complexity index is 984. The van der Waals surface area contributed by atoms with E-state index in [1.54, 1.807) is 36.4 Å². The van der Waals surface area contributed by atoms with E-state index in [2.05, 4.69) is 5.32 Å². The number of anilines is 1. The molecular formula is C19H21ClFN3O3S. The Kier molecular flexibility index (Phi) is 6.34. The maximum atomic E-state index is 13.9. The van der Waals surface area contributed by atoms with Crippen LogP contribution >= 0.6 is 11.6 Å². The van der Waals surface area contributed by atoms with Gasteiger partial charge in [0.25, 0.3) is 10.2 Å². The predicted molar refractivity (Wildman–Crippen MR) is 107 cm³/mol. The Balaban J connectivity index is 1.68. The number of hydrogen-bond donors (Lipinski definition) is 1. The Labute approximate surface area is 169 Å². The molecule has 1 amide bonds. The zero-order chi connectivity index (χ0) is 20.3. The zero-order valence-corrected chi connectivity index (χ0v) is 16.9. The van der Waals surface area contributed by atoms with Crippen LogP contribution in [0.25, 0.3) is 0 Å². The summed E-state index contributed by atoms with van der Waals surface area (Å²) in [6.45, 7) is 1.97. The average Bonchev–Trinajstić information content (AvgIpc) is 2.63. The maximum Gasteiger partial charge on any atom is 0.282 e. The number of amides is 1. The molecule has 0 spiro atoms. The number of carbonyl (C=O) groups excluding carboxylic acids is 1. The fourth-order valence-electron chi connectivity index (χ4n) is 2.99. The van der Waals surface area contributed by atoms with E-state index in [1.165, 1.54) is 10.4 Å². The second-order valence-electron chi connectivity index (χ2n) is 6.63. The largest absolute Gasteiger partial charge is 0.325 e. The van der Waals surface area contributed by atoms with Gasteiger partial charge in [-0.25, -0.2) is 4.39 Å². The second kappa shape index (κ2) is 8.57. The van der Waals surface area contributed by atoms with Crippen molar-refractivity contribution >= 4 is 33.4 Å². The number of rotatable bonds is 5. The van der Waals surface area contributed by atoms with Gasteiger partial charge in [0.05, 0.1) is 6.54 Å². The normalized spacial score (nSPS) is 17.4. The summed E-state index contributed by atoms with van der Waals surface area (Å²) in [5, 5.41) is 3.17. The van der Waals surface area contributed by atoms with Crippen molar-refractivity contribution in [2.75, 3.05) is 25.0 Å². The average molecular weight is 426 g/mol. The van der Waals surface area contributed by atoms with E-state index in [1.807, 2.05) is 6.92 Å². The van der Waals surface area contributed by atoms with Crippen molar-refractivity contribution in [3.63, 3.8) is 0 Å². The van der Waals surface area contributed by atoms with Gasteiger partial charge in [0.15, 0.2) is 0 Å². The molecule has 2 aromatic rings. The van der Waals surface area contributed by atoms with Crippen molar-refractivity contribution in [1.82, 2.24) is 8.61 Å². The predicted octanol–water partition coefficient (Wildman–Crippen LogP) is 3.18. The lowest BCUT2D eigenvalue weighted by molar-refractivity contribution is -0.116. The molecule has 1 aliphatic heterocycles. The SMILES string of the molecule is Cc1ccc(NC(=O)CN2CCCN(Cc3ccccc3F)S2(=O)=O)cc1Cl. The molecule has 3 rings (SSSR count). The van der Waals surface area contributed by atoms with Crippen LogP contribution in [0.3, 0.4) is 0 Å². The van der Waals surface area contributed by atoms with E-state index < -0.39 is 21.9 Å². The van der Waals surface area contributed by atoms with E-state index in [0.717, 1.165) is 9.87 Å². The number of aryl methyl sites for hydroxylation is 1. The Morgan fingerprint density at radius 2 is 1.89 bits per heavy atom. The van der Waals surface area contributed by atoms with Crippen molar-refractivity contribution in [3.8, 4) is 0 Å². The summed E-state index contributed by atoms with van der Waals surface area (Å²) >= 11 is 6.05. The van der Waals surface area contributed by atoms with E-state index in [0.29, 0.717) is 22.7 Å². The van der Waals surface area contributed by atoms with Crippen LogP contribution < -0.4 is 5.32 Å². The molecule has 1 fully saturated rings. The lowest BCUT2D eigenvalue weighted by Gasteiger charge is -2.34. The summed E-state index contributed by atoms with van der Waals surface area (Å²) < 4.78 is 41.9. The summed E-state index contributed by atoms with van der Waals surface area (Å²) in [7, 11) is -3.87. The number of benzene rings is 2. The maximum absolute atomic E-state index is 13.9. The topological polar surface area (TPSA) is 69.7 Å². The lowest BCUT2D eigenvalue weighted by Crippen LogP contribution is -2.51. The van der Waals surface area contributed by atoms with Crippen molar-refractivity contribution in [1.29, 1.82) is 0 Å². The molecule has 1 N–H and O–H groups in total. The number of halogens is 2. The van der Waals surface area contributed by atoms with Gasteiger partial charge in [-0.05, 0) is 37.1 Å². The third kappa shape index (κ3) is 4.70. The van der Waals surface area contributed by atoms with Crippen LogP contribution in [0.15, 0.2) is 42.5 Å². The first kappa shape index (κ1) is 20.7. The standard InChI is InChI=1S/C19H21ClFN3O3S/c1-14-7-8-16(11-17(14)20)22-19(25)13-24-10-4-9-23(28(24,26)27)12-15-5-2-3-6-18(15)21/h2-3,5-8,11H,4,9-10,12-13H2,1H3,(H,22,25). The quantitative estimate of drug-likeness (QED) is 0.799. The molecule has 1 saturated heterocycles. The first-order valence-corrected chi connectivity index (χ1v) is 10.6. The Morgan fingerprint density at radius 1 is 1.18 bits per heavy atom. The summed E-state index contributed by atoms with van der Waals surface area (Å²) in [4.78, 5) is 12.3. The van der Waals surface area contributed by atoms with E-state index >= 15 is 0 Å². The van der Waals surface area contributed by atoms with Gasteiger partial charge in [-0.1, -0.05) is 35.9 Å². The van der Waals surface area contributed by atoms with Gasteiger partial charge in [0.2, 0.25) is 5.91 Å². The molecule has 0 aromatic heterocycles. The van der Waals surface area contributed by atoms with Crippen LogP contribution in [-0.4, -0.2) is 42.6 Å². The van der Waals surface area contributed by atoms with Crippen LogP contribution in [0, 0.1) is 12.7 Å². The minimum atomic E-state index is -3.87. The number of carbonyl (C=O) groups is 1. The molecule has 1 heterocycles. The fourth-order valence-corrected chi connectivity index (χ4v) is 4.80. The summed E-state index contributed by atoms with van der Waals surface area (Å²) in [5.41, 5.74) is 1.67. The van der Waals surface area contributed by atoms with Gasteiger partial charge in [0, 0.05) is 35.9 Å². The van der Waals surface area contributed by atoms with Crippen molar-refractivity contribution in [2.24, 2.45) is 0 Å². The Morgan fingerprint density at radius 3 is 2.61 bits per heavy atom. The van der Waals surface area contributed by atoms with Gasteiger partial charge < -0.3 is 5.32 Å². The Hall–Kier alpha value is -2.00. The number of nitrogens with one attached hydrogen (secondary N) is 1. The second-order valence-corrected chi connectivity index (χ2v) is 8.97.